The van der Waals surface area contributed by atoms with Crippen molar-refractivity contribution in [2.75, 3.05) is 13.1 Å². The van der Waals surface area contributed by atoms with Crippen molar-refractivity contribution < 1.29 is 4.42 Å². The van der Waals surface area contributed by atoms with E-state index in [0.29, 0.717) is 5.92 Å². The molecule has 0 radical (unpaired) electrons. The lowest BCUT2D eigenvalue weighted by Gasteiger charge is -2.31. The Morgan fingerprint density at radius 1 is 1.27 bits per heavy atom. The highest BCUT2D eigenvalue weighted by atomic mass is 16.4. The van der Waals surface area contributed by atoms with Gasteiger partial charge in [0.2, 0.25) is 5.89 Å². The first-order chi connectivity index (χ1) is 10.4. The second-order valence-electron chi connectivity index (χ2n) is 7.30. The minimum Gasteiger partial charge on any atom is -0.444 e. The van der Waals surface area contributed by atoms with E-state index in [-0.39, 0.29) is 5.41 Å². The molecular weight excluding hydrogens is 276 g/mol. The minimum absolute atomic E-state index is 0.0256. The maximum Gasteiger partial charge on any atom is 0.208 e. The van der Waals surface area contributed by atoms with Crippen molar-refractivity contribution in [1.82, 2.24) is 19.7 Å². The predicted octanol–water partition coefficient (Wildman–Crippen LogP) is 3.09. The van der Waals surface area contributed by atoms with E-state index in [1.54, 1.807) is 0 Å². The van der Waals surface area contributed by atoms with Gasteiger partial charge < -0.3 is 4.42 Å². The van der Waals surface area contributed by atoms with Crippen molar-refractivity contribution in [3.63, 3.8) is 0 Å². The Labute approximate surface area is 132 Å². The van der Waals surface area contributed by atoms with Crippen LogP contribution in [0.3, 0.4) is 0 Å². The van der Waals surface area contributed by atoms with E-state index in [4.69, 9.17) is 4.42 Å². The zero-order valence-electron chi connectivity index (χ0n) is 14.0. The number of piperidine rings is 1. The molecular formula is C17H26N4O. The first-order valence-electron chi connectivity index (χ1n) is 8.09. The van der Waals surface area contributed by atoms with Gasteiger partial charge in [-0.15, -0.1) is 0 Å². The van der Waals surface area contributed by atoms with Crippen LogP contribution in [0.15, 0.2) is 22.9 Å². The molecule has 1 fully saturated rings. The lowest BCUT2D eigenvalue weighted by molar-refractivity contribution is 0.182. The molecule has 2 aromatic rings. The number of nitrogens with zero attached hydrogens (tertiary/aromatic N) is 4. The van der Waals surface area contributed by atoms with Crippen LogP contribution in [-0.2, 0) is 19.0 Å². The van der Waals surface area contributed by atoms with Gasteiger partial charge in [-0.3, -0.25) is 9.58 Å². The molecule has 0 amide bonds. The van der Waals surface area contributed by atoms with Gasteiger partial charge in [0, 0.05) is 30.3 Å². The third-order valence-corrected chi connectivity index (χ3v) is 4.52. The quantitative estimate of drug-likeness (QED) is 0.874. The van der Waals surface area contributed by atoms with Crippen LogP contribution in [0.4, 0.5) is 0 Å². The van der Waals surface area contributed by atoms with Gasteiger partial charge in [-0.1, -0.05) is 20.8 Å². The molecule has 3 heterocycles. The molecule has 0 aromatic carbocycles. The number of aromatic nitrogens is 3. The molecule has 3 rings (SSSR count). The van der Waals surface area contributed by atoms with E-state index < -0.39 is 0 Å². The Kier molecular flexibility index (Phi) is 4.08. The highest BCUT2D eigenvalue weighted by molar-refractivity contribution is 5.09. The molecule has 1 saturated heterocycles. The SMILES string of the molecule is Cn1nccc1C1CCN(Cc2ncc(C(C)(C)C)o2)CC1. The van der Waals surface area contributed by atoms with E-state index in [1.165, 1.54) is 18.5 Å². The van der Waals surface area contributed by atoms with Crippen LogP contribution in [0, 0.1) is 0 Å². The van der Waals surface area contributed by atoms with Gasteiger partial charge in [0.15, 0.2) is 0 Å². The normalized spacial score (nSPS) is 18.0. The lowest BCUT2D eigenvalue weighted by atomic mass is 9.93. The molecule has 1 aliphatic rings. The largest absolute Gasteiger partial charge is 0.444 e. The Morgan fingerprint density at radius 3 is 2.55 bits per heavy atom. The summed E-state index contributed by atoms with van der Waals surface area (Å²) in [6.07, 6.45) is 6.11. The molecule has 120 valence electrons. The van der Waals surface area contributed by atoms with Crippen molar-refractivity contribution in [2.24, 2.45) is 7.05 Å². The third-order valence-electron chi connectivity index (χ3n) is 4.52. The Hall–Kier alpha value is -1.62. The Bertz CT molecular complexity index is 615. The zero-order chi connectivity index (χ0) is 15.7. The second kappa shape index (κ2) is 5.88. The maximum absolute atomic E-state index is 5.90. The summed E-state index contributed by atoms with van der Waals surface area (Å²) in [6, 6.07) is 2.14. The fourth-order valence-corrected chi connectivity index (χ4v) is 3.09. The van der Waals surface area contributed by atoms with Crippen LogP contribution in [0.1, 0.15) is 56.9 Å². The van der Waals surface area contributed by atoms with Crippen molar-refractivity contribution in [1.29, 1.82) is 0 Å². The number of likely N-dealkylation sites (tertiary alicyclic amines) is 1. The molecule has 2 aromatic heterocycles. The molecule has 0 aliphatic carbocycles. The van der Waals surface area contributed by atoms with Gasteiger partial charge in [-0.05, 0) is 32.0 Å². The average molecular weight is 302 g/mol. The summed E-state index contributed by atoms with van der Waals surface area (Å²) in [5, 5.41) is 4.28. The van der Waals surface area contributed by atoms with E-state index >= 15 is 0 Å². The third kappa shape index (κ3) is 3.24. The van der Waals surface area contributed by atoms with Gasteiger partial charge in [0.25, 0.3) is 0 Å². The molecule has 5 heteroatoms. The number of oxazole rings is 1. The van der Waals surface area contributed by atoms with Crippen LogP contribution < -0.4 is 0 Å². The fraction of sp³-hybridized carbons (Fsp3) is 0.647. The molecule has 5 nitrogen and oxygen atoms in total. The number of hydrogen-bond donors (Lipinski definition) is 0. The van der Waals surface area contributed by atoms with Crippen LogP contribution in [0.2, 0.25) is 0 Å². The summed E-state index contributed by atoms with van der Waals surface area (Å²) < 4.78 is 7.91. The number of hydrogen-bond acceptors (Lipinski definition) is 4. The summed E-state index contributed by atoms with van der Waals surface area (Å²) >= 11 is 0. The molecule has 0 atom stereocenters. The summed E-state index contributed by atoms with van der Waals surface area (Å²) in [7, 11) is 2.03. The molecule has 0 bridgehead atoms. The van der Waals surface area contributed by atoms with Gasteiger partial charge >= 0.3 is 0 Å². The predicted molar refractivity (Wildman–Crippen MR) is 85.7 cm³/mol. The van der Waals surface area contributed by atoms with Crippen LogP contribution in [-0.4, -0.2) is 32.8 Å². The standard InChI is InChI=1S/C17H26N4O/c1-17(2,3)15-11-18-16(22-15)12-21-9-6-13(7-10-21)14-5-8-19-20(14)4/h5,8,11,13H,6-7,9-10,12H2,1-4H3. The van der Waals surface area contributed by atoms with E-state index in [0.717, 1.165) is 31.3 Å². The average Bonchev–Trinajstić information content (AvgIpc) is 3.08. The number of aryl methyl sites for hydroxylation is 1. The summed E-state index contributed by atoms with van der Waals surface area (Å²) in [5.74, 6) is 2.43. The first kappa shape index (κ1) is 15.3. The van der Waals surface area contributed by atoms with Gasteiger partial charge in [-0.2, -0.15) is 5.10 Å². The van der Waals surface area contributed by atoms with Crippen molar-refractivity contribution >= 4 is 0 Å². The minimum atomic E-state index is 0.0256. The van der Waals surface area contributed by atoms with E-state index in [1.807, 2.05) is 24.1 Å². The van der Waals surface area contributed by atoms with E-state index in [2.05, 4.69) is 41.8 Å². The van der Waals surface area contributed by atoms with Crippen molar-refractivity contribution in [3.8, 4) is 0 Å². The molecule has 0 N–H and O–H groups in total. The fourth-order valence-electron chi connectivity index (χ4n) is 3.09. The highest BCUT2D eigenvalue weighted by Gasteiger charge is 2.24. The topological polar surface area (TPSA) is 47.1 Å². The van der Waals surface area contributed by atoms with E-state index in [9.17, 15) is 0 Å². The summed E-state index contributed by atoms with van der Waals surface area (Å²) in [6.45, 7) is 9.43. The Morgan fingerprint density at radius 2 is 2.00 bits per heavy atom. The Balaban J connectivity index is 1.56. The molecule has 22 heavy (non-hydrogen) atoms. The van der Waals surface area contributed by atoms with Crippen molar-refractivity contribution in [3.05, 3.63) is 35.8 Å². The first-order valence-corrected chi connectivity index (χ1v) is 8.09. The monoisotopic (exact) mass is 302 g/mol. The second-order valence-corrected chi connectivity index (χ2v) is 7.30. The molecule has 0 saturated carbocycles. The number of rotatable bonds is 3. The van der Waals surface area contributed by atoms with Gasteiger partial charge in [0.1, 0.15) is 5.76 Å². The van der Waals surface area contributed by atoms with Gasteiger partial charge in [-0.25, -0.2) is 4.98 Å². The van der Waals surface area contributed by atoms with Crippen LogP contribution >= 0.6 is 0 Å². The molecule has 0 unspecified atom stereocenters. The summed E-state index contributed by atoms with van der Waals surface area (Å²) in [4.78, 5) is 6.87. The van der Waals surface area contributed by atoms with Gasteiger partial charge in [0.05, 0.1) is 12.7 Å². The van der Waals surface area contributed by atoms with Crippen LogP contribution in [0.25, 0.3) is 0 Å². The smallest absolute Gasteiger partial charge is 0.208 e. The van der Waals surface area contributed by atoms with Crippen molar-refractivity contribution in [2.45, 2.75) is 51.5 Å². The lowest BCUT2D eigenvalue weighted by Crippen LogP contribution is -2.33. The highest BCUT2D eigenvalue weighted by Crippen LogP contribution is 2.28. The summed E-state index contributed by atoms with van der Waals surface area (Å²) in [5.41, 5.74) is 1.38. The molecule has 0 spiro atoms. The van der Waals surface area contributed by atoms with Crippen LogP contribution in [0.5, 0.6) is 0 Å². The zero-order valence-corrected chi connectivity index (χ0v) is 14.0. The maximum atomic E-state index is 5.90. The molecule has 1 aliphatic heterocycles.